The number of nitrogens with zero attached hydrogens (tertiary/aromatic N) is 2. The van der Waals surface area contributed by atoms with Gasteiger partial charge in [0.05, 0.1) is 23.0 Å². The third-order valence-electron chi connectivity index (χ3n) is 4.14. The van der Waals surface area contributed by atoms with E-state index in [-0.39, 0.29) is 22.8 Å². The van der Waals surface area contributed by atoms with Gasteiger partial charge in [0.15, 0.2) is 10.7 Å². The lowest BCUT2D eigenvalue weighted by Gasteiger charge is -2.14. The highest BCUT2D eigenvalue weighted by atomic mass is 32.2. The van der Waals surface area contributed by atoms with Gasteiger partial charge in [0, 0.05) is 5.57 Å². The number of carboxylic acids is 1. The largest absolute Gasteiger partial charge is 0.604 e. The van der Waals surface area contributed by atoms with E-state index in [9.17, 15) is 22.5 Å². The molecule has 1 saturated carbocycles. The summed E-state index contributed by atoms with van der Waals surface area (Å²) in [6, 6.07) is 5.29. The van der Waals surface area contributed by atoms with Gasteiger partial charge in [-0.25, -0.2) is 4.79 Å². The van der Waals surface area contributed by atoms with Crippen LogP contribution in [0.5, 0.6) is 0 Å². The Balaban J connectivity index is 1.80. The van der Waals surface area contributed by atoms with Crippen molar-refractivity contribution in [2.45, 2.75) is 35.1 Å². The van der Waals surface area contributed by atoms with Crippen LogP contribution < -0.4 is 0 Å². The molecular weight excluding hydrogens is 373 g/mol. The van der Waals surface area contributed by atoms with Crippen molar-refractivity contribution in [3.63, 3.8) is 0 Å². The van der Waals surface area contributed by atoms with E-state index in [0.29, 0.717) is 24.2 Å². The molecule has 1 unspecified atom stereocenters. The molecule has 10 heteroatoms. The Morgan fingerprint density at radius 3 is 2.46 bits per heavy atom. The topological polar surface area (TPSA) is 99.3 Å². The third kappa shape index (κ3) is 3.47. The zero-order chi connectivity index (χ0) is 19.1. The second kappa shape index (κ2) is 6.44. The molecule has 138 valence electrons. The van der Waals surface area contributed by atoms with Crippen molar-refractivity contribution >= 4 is 17.1 Å². The molecule has 0 bridgehead atoms. The maximum Gasteiger partial charge on any atom is 0.578 e. The predicted molar refractivity (Wildman–Crippen MR) is 83.7 cm³/mol. The lowest BCUT2D eigenvalue weighted by atomic mass is 9.95. The average molecular weight is 386 g/mol. The second-order valence-corrected chi connectivity index (χ2v) is 7.39. The molecule has 3 rings (SSSR count). The first kappa shape index (κ1) is 18.5. The Labute approximate surface area is 148 Å². The van der Waals surface area contributed by atoms with Crippen LogP contribution in [0, 0.1) is 0 Å². The molecule has 0 radical (unpaired) electrons. The molecule has 1 N–H and O–H groups in total. The number of carboxylic acid groups (broad SMARTS) is 1. The second-order valence-electron chi connectivity index (χ2n) is 5.92. The fourth-order valence-electron chi connectivity index (χ4n) is 2.58. The minimum absolute atomic E-state index is 0.0935. The van der Waals surface area contributed by atoms with Crippen LogP contribution in [0.3, 0.4) is 0 Å². The first-order valence-corrected chi connectivity index (χ1v) is 8.62. The molecule has 1 aliphatic rings. The minimum Gasteiger partial charge on any atom is -0.604 e. The summed E-state index contributed by atoms with van der Waals surface area (Å²) in [6.07, 6.45) is 1.25. The Kier molecular flexibility index (Phi) is 4.57. The molecule has 1 atom stereocenters. The number of aliphatic carboxylic acids is 1. The molecule has 0 saturated heterocycles. The van der Waals surface area contributed by atoms with Gasteiger partial charge in [0.25, 0.3) is 0 Å². The maximum absolute atomic E-state index is 12.5. The van der Waals surface area contributed by atoms with E-state index in [1.165, 1.54) is 24.3 Å². The molecule has 0 amide bonds. The van der Waals surface area contributed by atoms with Gasteiger partial charge < -0.3 is 14.2 Å². The minimum atomic E-state index is -4.81. The molecule has 1 aromatic carbocycles. The normalized spacial score (nSPS) is 16.9. The summed E-state index contributed by atoms with van der Waals surface area (Å²) in [6.45, 7) is 3.39. The molecule has 0 spiro atoms. The monoisotopic (exact) mass is 386 g/mol. The summed E-state index contributed by atoms with van der Waals surface area (Å²) in [5, 5.41) is 12.7. The van der Waals surface area contributed by atoms with Gasteiger partial charge in [0.2, 0.25) is 5.89 Å². The smallest absolute Gasteiger partial charge is 0.578 e. The van der Waals surface area contributed by atoms with Crippen LogP contribution in [-0.2, 0) is 27.8 Å². The maximum atomic E-state index is 12.5. The highest BCUT2D eigenvalue weighted by molar-refractivity contribution is 7.92. The zero-order valence-electron chi connectivity index (χ0n) is 13.2. The molecule has 1 aliphatic carbocycles. The standard InChI is InChI=1S/C16H13F3N2O4S/c1-9(13(22)23)8-12-20-14(21-25-12)15(6-7-15)10-2-4-11(5-3-10)26(24)16(17,18)19/h2-5H,1,6-8H2,(H,22,23). The van der Waals surface area contributed by atoms with E-state index in [4.69, 9.17) is 9.63 Å². The van der Waals surface area contributed by atoms with E-state index in [2.05, 4.69) is 16.7 Å². The van der Waals surface area contributed by atoms with Gasteiger partial charge in [-0.1, -0.05) is 23.9 Å². The number of alkyl halides is 3. The summed E-state index contributed by atoms with van der Waals surface area (Å²) >= 11 is -3.08. The van der Waals surface area contributed by atoms with Gasteiger partial charge in [-0.05, 0) is 30.5 Å². The number of benzene rings is 1. The summed E-state index contributed by atoms with van der Waals surface area (Å²) in [4.78, 5) is 14.7. The van der Waals surface area contributed by atoms with E-state index in [1.54, 1.807) is 0 Å². The van der Waals surface area contributed by atoms with Crippen LogP contribution in [0.1, 0.15) is 30.1 Å². The van der Waals surface area contributed by atoms with Crippen LogP contribution in [0.4, 0.5) is 13.2 Å². The third-order valence-corrected chi connectivity index (χ3v) is 5.27. The van der Waals surface area contributed by atoms with Crippen LogP contribution in [0.15, 0.2) is 45.8 Å². The summed E-state index contributed by atoms with van der Waals surface area (Å²) < 4.78 is 54.0. The van der Waals surface area contributed by atoms with Crippen molar-refractivity contribution < 1.29 is 32.1 Å². The average Bonchev–Trinajstić information content (AvgIpc) is 3.26. The van der Waals surface area contributed by atoms with Gasteiger partial charge in [-0.2, -0.15) is 4.98 Å². The Bertz CT molecular complexity index is 844. The molecule has 1 aromatic heterocycles. The Hall–Kier alpha value is -2.33. The SMILES string of the molecule is C=C(Cc1nc(C2(c3ccc([S+]([O-])C(F)(F)F)cc3)CC2)no1)C(=O)O. The first-order chi connectivity index (χ1) is 12.1. The van der Waals surface area contributed by atoms with E-state index < -0.39 is 28.1 Å². The molecule has 26 heavy (non-hydrogen) atoms. The highest BCUT2D eigenvalue weighted by Gasteiger charge is 2.51. The lowest BCUT2D eigenvalue weighted by molar-refractivity contribution is -0.132. The van der Waals surface area contributed by atoms with Crippen molar-refractivity contribution in [1.82, 2.24) is 10.1 Å². The van der Waals surface area contributed by atoms with Crippen molar-refractivity contribution in [3.8, 4) is 0 Å². The number of hydrogen-bond acceptors (Lipinski definition) is 5. The molecule has 0 aliphatic heterocycles. The quantitative estimate of drug-likeness (QED) is 0.605. The molecule has 1 fully saturated rings. The van der Waals surface area contributed by atoms with Crippen LogP contribution in [-0.4, -0.2) is 31.3 Å². The van der Waals surface area contributed by atoms with Crippen LogP contribution in [0.2, 0.25) is 0 Å². The van der Waals surface area contributed by atoms with E-state index in [1.807, 2.05) is 0 Å². The molecule has 6 nitrogen and oxygen atoms in total. The number of halogens is 3. The Morgan fingerprint density at radius 1 is 1.35 bits per heavy atom. The molecule has 1 heterocycles. The number of carbonyl (C=O) groups is 1. The fraction of sp³-hybridized carbons (Fsp3) is 0.312. The number of rotatable bonds is 6. The predicted octanol–water partition coefficient (Wildman–Crippen LogP) is 2.96. The van der Waals surface area contributed by atoms with Crippen molar-refractivity contribution in [3.05, 3.63) is 53.7 Å². The zero-order valence-corrected chi connectivity index (χ0v) is 14.1. The lowest BCUT2D eigenvalue weighted by Crippen LogP contribution is -2.23. The van der Waals surface area contributed by atoms with Crippen molar-refractivity contribution in [2.75, 3.05) is 0 Å². The fourth-order valence-corrected chi connectivity index (χ4v) is 3.23. The number of hydrogen-bond donors (Lipinski definition) is 1. The van der Waals surface area contributed by atoms with E-state index in [0.717, 1.165) is 0 Å². The summed E-state index contributed by atoms with van der Waals surface area (Å²) in [5.41, 5.74) is -4.80. The summed E-state index contributed by atoms with van der Waals surface area (Å²) in [7, 11) is 0. The number of aromatic nitrogens is 2. The molecular formula is C16H13F3N2O4S. The van der Waals surface area contributed by atoms with Crippen molar-refractivity contribution in [1.29, 1.82) is 0 Å². The van der Waals surface area contributed by atoms with Crippen LogP contribution in [0.25, 0.3) is 0 Å². The van der Waals surface area contributed by atoms with Gasteiger partial charge in [-0.15, -0.1) is 13.2 Å². The Morgan fingerprint density at radius 2 is 1.96 bits per heavy atom. The van der Waals surface area contributed by atoms with Crippen LogP contribution >= 0.6 is 0 Å². The highest BCUT2D eigenvalue weighted by Crippen LogP contribution is 2.52. The van der Waals surface area contributed by atoms with Gasteiger partial charge in [-0.3, -0.25) is 0 Å². The van der Waals surface area contributed by atoms with Gasteiger partial charge in [0.1, 0.15) is 0 Å². The molecule has 2 aromatic rings. The van der Waals surface area contributed by atoms with Crippen molar-refractivity contribution in [2.24, 2.45) is 0 Å². The van der Waals surface area contributed by atoms with E-state index >= 15 is 0 Å². The summed E-state index contributed by atoms with van der Waals surface area (Å²) in [5.74, 6) is -0.719. The first-order valence-electron chi connectivity index (χ1n) is 7.47. The van der Waals surface area contributed by atoms with Gasteiger partial charge >= 0.3 is 11.5 Å².